The van der Waals surface area contributed by atoms with Crippen molar-refractivity contribution in [2.24, 2.45) is 0 Å². The normalized spacial score (nSPS) is 16.6. The number of likely N-dealkylation sites (N-methyl/N-ethyl adjacent to an activating group) is 1. The number of ether oxygens (including phenoxy) is 2. The molecular formula is C20H26N4O3. The summed E-state index contributed by atoms with van der Waals surface area (Å²) in [6.45, 7) is 7.65. The van der Waals surface area contributed by atoms with Gasteiger partial charge in [0.05, 0.1) is 19.9 Å². The van der Waals surface area contributed by atoms with Crippen LogP contribution in [0.3, 0.4) is 0 Å². The van der Waals surface area contributed by atoms with E-state index < -0.39 is 0 Å². The average molecular weight is 370 g/mol. The molecule has 0 saturated carbocycles. The third-order valence-corrected chi connectivity index (χ3v) is 5.63. The largest absolute Gasteiger partial charge is 0.493 e. The second-order valence-corrected chi connectivity index (χ2v) is 6.97. The van der Waals surface area contributed by atoms with Gasteiger partial charge in [0, 0.05) is 44.4 Å². The molecule has 1 saturated heterocycles. The smallest absolute Gasteiger partial charge is 0.350 e. The van der Waals surface area contributed by atoms with Gasteiger partial charge >= 0.3 is 5.69 Å². The molecule has 0 spiro atoms. The fraction of sp³-hybridized carbons (Fsp3) is 0.500. The molecule has 7 nitrogen and oxygen atoms in total. The Morgan fingerprint density at radius 1 is 1.00 bits per heavy atom. The van der Waals surface area contributed by atoms with Gasteiger partial charge < -0.3 is 19.3 Å². The summed E-state index contributed by atoms with van der Waals surface area (Å²) in [5.41, 5.74) is 2.91. The minimum Gasteiger partial charge on any atom is -0.493 e. The van der Waals surface area contributed by atoms with Crippen molar-refractivity contribution in [2.75, 3.05) is 51.8 Å². The maximum atomic E-state index is 12.7. The lowest BCUT2D eigenvalue weighted by Crippen LogP contribution is -2.47. The Hall–Kier alpha value is -2.54. The first-order valence-corrected chi connectivity index (χ1v) is 9.49. The summed E-state index contributed by atoms with van der Waals surface area (Å²) in [5, 5.41) is 0. The molecule has 7 heteroatoms. The number of rotatable bonds is 4. The van der Waals surface area contributed by atoms with Crippen molar-refractivity contribution in [1.82, 2.24) is 14.5 Å². The van der Waals surface area contributed by atoms with Crippen molar-refractivity contribution in [3.63, 3.8) is 0 Å². The predicted octanol–water partition coefficient (Wildman–Crippen LogP) is 1.63. The Labute approximate surface area is 159 Å². The first-order valence-electron chi connectivity index (χ1n) is 9.49. The molecule has 27 heavy (non-hydrogen) atoms. The highest BCUT2D eigenvalue weighted by molar-refractivity contribution is 5.72. The lowest BCUT2D eigenvalue weighted by atomic mass is 9.96. The SMILES string of the molecule is CCN1CCN(c2cc3n(c(=O)n2)CCc2cc(OC)c(OC)cc2-3)CC1. The summed E-state index contributed by atoms with van der Waals surface area (Å²) in [4.78, 5) is 21.7. The van der Waals surface area contributed by atoms with Gasteiger partial charge in [-0.2, -0.15) is 4.98 Å². The molecule has 0 amide bonds. The van der Waals surface area contributed by atoms with Crippen molar-refractivity contribution in [3.8, 4) is 22.8 Å². The summed E-state index contributed by atoms with van der Waals surface area (Å²) in [6.07, 6.45) is 0.777. The number of piperazine rings is 1. The predicted molar refractivity (Wildman–Crippen MR) is 105 cm³/mol. The second-order valence-electron chi connectivity index (χ2n) is 6.97. The van der Waals surface area contributed by atoms with E-state index in [0.29, 0.717) is 12.3 Å². The Kier molecular flexibility index (Phi) is 4.78. The number of fused-ring (bicyclic) bond motifs is 3. The maximum Gasteiger partial charge on any atom is 0.350 e. The first-order chi connectivity index (χ1) is 13.1. The summed E-state index contributed by atoms with van der Waals surface area (Å²) >= 11 is 0. The molecule has 0 N–H and O–H groups in total. The van der Waals surface area contributed by atoms with Crippen LogP contribution in [0, 0.1) is 0 Å². The molecule has 0 radical (unpaired) electrons. The maximum absolute atomic E-state index is 12.7. The third-order valence-electron chi connectivity index (χ3n) is 5.63. The van der Waals surface area contributed by atoms with E-state index in [1.807, 2.05) is 18.2 Å². The molecule has 2 aliphatic rings. The van der Waals surface area contributed by atoms with Crippen LogP contribution in [-0.2, 0) is 13.0 Å². The molecule has 0 bridgehead atoms. The van der Waals surface area contributed by atoms with Gasteiger partial charge in [0.15, 0.2) is 11.5 Å². The number of aromatic nitrogens is 2. The molecule has 1 aromatic carbocycles. The van der Waals surface area contributed by atoms with E-state index in [0.717, 1.165) is 62.0 Å². The highest BCUT2D eigenvalue weighted by Crippen LogP contribution is 2.38. The van der Waals surface area contributed by atoms with Crippen LogP contribution in [0.1, 0.15) is 12.5 Å². The Morgan fingerprint density at radius 3 is 2.37 bits per heavy atom. The quantitative estimate of drug-likeness (QED) is 0.815. The number of aryl methyl sites for hydroxylation is 1. The van der Waals surface area contributed by atoms with Crippen molar-refractivity contribution >= 4 is 5.82 Å². The number of hydrogen-bond acceptors (Lipinski definition) is 6. The summed E-state index contributed by atoms with van der Waals surface area (Å²) in [5.74, 6) is 2.16. The van der Waals surface area contributed by atoms with Crippen LogP contribution in [-0.4, -0.2) is 61.4 Å². The Morgan fingerprint density at radius 2 is 1.70 bits per heavy atom. The van der Waals surface area contributed by atoms with Gasteiger partial charge in [0.25, 0.3) is 0 Å². The first kappa shape index (κ1) is 17.9. The van der Waals surface area contributed by atoms with E-state index in [4.69, 9.17) is 9.47 Å². The van der Waals surface area contributed by atoms with E-state index in [9.17, 15) is 4.79 Å². The lowest BCUT2D eigenvalue weighted by Gasteiger charge is -2.35. The lowest BCUT2D eigenvalue weighted by molar-refractivity contribution is 0.270. The Bertz CT molecular complexity index is 901. The van der Waals surface area contributed by atoms with Crippen LogP contribution < -0.4 is 20.1 Å². The third kappa shape index (κ3) is 3.16. The summed E-state index contributed by atoms with van der Waals surface area (Å²) in [7, 11) is 3.27. The fourth-order valence-corrected chi connectivity index (χ4v) is 3.99. The van der Waals surface area contributed by atoms with Gasteiger partial charge in [-0.05, 0) is 30.7 Å². The number of methoxy groups -OCH3 is 2. The van der Waals surface area contributed by atoms with Crippen molar-refractivity contribution in [1.29, 1.82) is 0 Å². The number of benzene rings is 1. The number of anilines is 1. The van der Waals surface area contributed by atoms with Crippen LogP contribution >= 0.6 is 0 Å². The fourth-order valence-electron chi connectivity index (χ4n) is 3.99. The van der Waals surface area contributed by atoms with E-state index >= 15 is 0 Å². The van der Waals surface area contributed by atoms with Gasteiger partial charge in [-0.3, -0.25) is 4.57 Å². The molecule has 1 fully saturated rings. The van der Waals surface area contributed by atoms with Gasteiger partial charge in [-0.1, -0.05) is 6.92 Å². The van der Waals surface area contributed by atoms with Crippen molar-refractivity contribution in [2.45, 2.75) is 19.9 Å². The molecular weight excluding hydrogens is 344 g/mol. The number of hydrogen-bond donors (Lipinski definition) is 0. The van der Waals surface area contributed by atoms with Crippen LogP contribution in [0.5, 0.6) is 11.5 Å². The molecule has 4 rings (SSSR count). The minimum absolute atomic E-state index is 0.180. The molecule has 1 aromatic heterocycles. The van der Waals surface area contributed by atoms with Gasteiger partial charge in [-0.25, -0.2) is 4.79 Å². The second kappa shape index (κ2) is 7.23. The van der Waals surface area contributed by atoms with Crippen LogP contribution in [0.4, 0.5) is 5.82 Å². The van der Waals surface area contributed by atoms with Gasteiger partial charge in [0.2, 0.25) is 0 Å². The van der Waals surface area contributed by atoms with Gasteiger partial charge in [0.1, 0.15) is 5.82 Å². The van der Waals surface area contributed by atoms with E-state index in [1.54, 1.807) is 18.8 Å². The van der Waals surface area contributed by atoms with E-state index in [2.05, 4.69) is 21.7 Å². The topological polar surface area (TPSA) is 59.8 Å². The molecule has 2 aliphatic heterocycles. The molecule has 0 aliphatic carbocycles. The average Bonchev–Trinajstić information content (AvgIpc) is 2.72. The van der Waals surface area contributed by atoms with Crippen molar-refractivity contribution < 1.29 is 9.47 Å². The van der Waals surface area contributed by atoms with Crippen LogP contribution in [0.15, 0.2) is 23.0 Å². The summed E-state index contributed by atoms with van der Waals surface area (Å²) in [6, 6.07) is 6.03. The molecule has 0 atom stereocenters. The highest BCUT2D eigenvalue weighted by atomic mass is 16.5. The molecule has 2 aromatic rings. The minimum atomic E-state index is -0.180. The molecule has 3 heterocycles. The van der Waals surface area contributed by atoms with E-state index in [1.165, 1.54) is 5.56 Å². The van der Waals surface area contributed by atoms with Crippen molar-refractivity contribution in [3.05, 3.63) is 34.2 Å². The van der Waals surface area contributed by atoms with E-state index in [-0.39, 0.29) is 5.69 Å². The molecule has 0 unspecified atom stereocenters. The van der Waals surface area contributed by atoms with Crippen LogP contribution in [0.25, 0.3) is 11.3 Å². The monoisotopic (exact) mass is 370 g/mol. The zero-order valence-corrected chi connectivity index (χ0v) is 16.2. The van der Waals surface area contributed by atoms with Crippen LogP contribution in [0.2, 0.25) is 0 Å². The standard InChI is InChI=1S/C20H26N4O3/c1-4-22-7-9-23(10-8-22)19-13-16-15-12-18(27-3)17(26-2)11-14(15)5-6-24(16)20(25)21-19/h11-13H,4-10H2,1-3H3. The zero-order chi connectivity index (χ0) is 19.0. The van der Waals surface area contributed by atoms with Gasteiger partial charge in [-0.15, -0.1) is 0 Å². The highest BCUT2D eigenvalue weighted by Gasteiger charge is 2.24. The molecule has 144 valence electrons. The summed E-state index contributed by atoms with van der Waals surface area (Å²) < 4.78 is 12.7. The Balaban J connectivity index is 1.76. The number of nitrogens with zero attached hydrogens (tertiary/aromatic N) is 4. The zero-order valence-electron chi connectivity index (χ0n) is 16.2.